The Hall–Kier alpha value is -2.57. The summed E-state index contributed by atoms with van der Waals surface area (Å²) in [5.41, 5.74) is 10.7. The summed E-state index contributed by atoms with van der Waals surface area (Å²) >= 11 is 0. The van der Waals surface area contributed by atoms with Crippen LogP contribution in [0.5, 0.6) is 0 Å². The topological polar surface area (TPSA) is 118 Å². The Labute approximate surface area is 167 Å². The van der Waals surface area contributed by atoms with Crippen LogP contribution < -0.4 is 11.5 Å². The van der Waals surface area contributed by atoms with E-state index in [1.165, 1.54) is 0 Å². The Bertz CT molecular complexity index is 928. The second kappa shape index (κ2) is 6.47. The van der Waals surface area contributed by atoms with Crippen LogP contribution in [0.15, 0.2) is 23.2 Å². The van der Waals surface area contributed by atoms with Crippen molar-refractivity contribution < 1.29 is 18.3 Å². The van der Waals surface area contributed by atoms with Gasteiger partial charge in [0.2, 0.25) is 0 Å². The highest BCUT2D eigenvalue weighted by Gasteiger charge is 2.67. The first-order valence-electron chi connectivity index (χ1n) is 9.56. The van der Waals surface area contributed by atoms with E-state index in [0.29, 0.717) is 30.4 Å². The summed E-state index contributed by atoms with van der Waals surface area (Å²) in [6, 6.07) is 3.65. The van der Waals surface area contributed by atoms with Gasteiger partial charge in [-0.1, -0.05) is 6.07 Å². The van der Waals surface area contributed by atoms with E-state index in [1.807, 2.05) is 6.07 Å². The first-order chi connectivity index (χ1) is 13.7. The van der Waals surface area contributed by atoms with E-state index in [-0.39, 0.29) is 12.1 Å². The quantitative estimate of drug-likeness (QED) is 0.743. The van der Waals surface area contributed by atoms with E-state index in [9.17, 15) is 18.8 Å². The van der Waals surface area contributed by atoms with Crippen molar-refractivity contribution in [1.29, 1.82) is 5.26 Å². The molecule has 0 bridgehead atoms. The van der Waals surface area contributed by atoms with Gasteiger partial charge in [0.05, 0.1) is 17.7 Å². The monoisotopic (exact) mass is 403 g/mol. The third-order valence-electron chi connectivity index (χ3n) is 6.63. The molecule has 1 aromatic carbocycles. The molecule has 4 N–H and O–H groups in total. The lowest BCUT2D eigenvalue weighted by Gasteiger charge is -2.45. The van der Waals surface area contributed by atoms with E-state index >= 15 is 0 Å². The zero-order valence-corrected chi connectivity index (χ0v) is 16.1. The molecule has 4 rings (SSSR count). The van der Waals surface area contributed by atoms with Gasteiger partial charge < -0.3 is 10.5 Å². The average molecular weight is 403 g/mol. The molecule has 2 aliphatic carbocycles. The number of rotatable bonds is 3. The molecule has 1 aromatic rings. The minimum atomic E-state index is -3.60. The number of alkyl halides is 2. The van der Waals surface area contributed by atoms with Crippen molar-refractivity contribution >= 4 is 11.9 Å². The number of fused-ring (bicyclic) bond motifs is 3. The molecule has 2 spiro atoms. The van der Waals surface area contributed by atoms with Crippen LogP contribution in [0, 0.1) is 16.7 Å². The van der Waals surface area contributed by atoms with Gasteiger partial charge in [0, 0.05) is 12.5 Å². The number of halogens is 2. The Kier molecular flexibility index (Phi) is 4.40. The van der Waals surface area contributed by atoms with Gasteiger partial charge in [-0.3, -0.25) is 15.4 Å². The maximum Gasteiger partial charge on any atom is 0.317 e. The molecule has 1 atom stereocenters. The molecule has 154 valence electrons. The van der Waals surface area contributed by atoms with Crippen LogP contribution in [-0.4, -0.2) is 42.6 Å². The average Bonchev–Trinajstić information content (AvgIpc) is 3.08. The maximum absolute atomic E-state index is 13.6. The standard InChI is InChI=1S/C20H23F2N5O2/c1-29-14-4-6-18(7-5-14)9-13-3-2-12(10-23)8-15(13)20(18)16(28)27(17(24)26-20)11-19(21,22)25/h2-3,8,14H,4-7,9,11,25H2,1H3,(H2,24,26). The Morgan fingerprint density at radius 1 is 1.41 bits per heavy atom. The Balaban J connectivity index is 1.86. The van der Waals surface area contributed by atoms with Gasteiger partial charge in [-0.15, -0.1) is 0 Å². The van der Waals surface area contributed by atoms with Crippen molar-refractivity contribution in [3.63, 3.8) is 0 Å². The Morgan fingerprint density at radius 2 is 2.10 bits per heavy atom. The predicted molar refractivity (Wildman–Crippen MR) is 101 cm³/mol. The van der Waals surface area contributed by atoms with Gasteiger partial charge in [-0.05, 0) is 55.4 Å². The van der Waals surface area contributed by atoms with Crippen LogP contribution in [0.25, 0.3) is 0 Å². The SMILES string of the molecule is COC1CCC2(CC1)Cc1ccc(C#N)cc1C21N=C(N)N(CC(N)(F)F)C1=O. The predicted octanol–water partition coefficient (Wildman–Crippen LogP) is 1.59. The van der Waals surface area contributed by atoms with Crippen LogP contribution in [0.3, 0.4) is 0 Å². The summed E-state index contributed by atoms with van der Waals surface area (Å²) in [6.45, 7) is -1.03. The normalized spacial score (nSPS) is 31.3. The largest absolute Gasteiger partial charge is 0.381 e. The molecule has 1 amide bonds. The summed E-state index contributed by atoms with van der Waals surface area (Å²) in [5.74, 6) is -0.853. The summed E-state index contributed by atoms with van der Waals surface area (Å²) in [5, 5.41) is 9.35. The van der Waals surface area contributed by atoms with E-state index in [0.717, 1.165) is 23.3 Å². The van der Waals surface area contributed by atoms with Crippen molar-refractivity contribution in [1.82, 2.24) is 4.90 Å². The number of amides is 1. The molecule has 1 aliphatic heterocycles. The van der Waals surface area contributed by atoms with Crippen molar-refractivity contribution in [2.45, 2.75) is 49.8 Å². The fraction of sp³-hybridized carbons (Fsp3) is 0.550. The molecule has 1 fully saturated rings. The highest BCUT2D eigenvalue weighted by atomic mass is 19.3. The molecular weight excluding hydrogens is 380 g/mol. The van der Waals surface area contributed by atoms with Gasteiger partial charge in [-0.2, -0.15) is 14.0 Å². The fourth-order valence-corrected chi connectivity index (χ4v) is 5.30. The van der Waals surface area contributed by atoms with Gasteiger partial charge in [0.25, 0.3) is 5.91 Å². The summed E-state index contributed by atoms with van der Waals surface area (Å²) in [4.78, 5) is 19.0. The van der Waals surface area contributed by atoms with Crippen LogP contribution in [0.2, 0.25) is 0 Å². The first-order valence-corrected chi connectivity index (χ1v) is 9.56. The van der Waals surface area contributed by atoms with E-state index < -0.39 is 29.5 Å². The number of methoxy groups -OCH3 is 1. The molecule has 3 aliphatic rings. The van der Waals surface area contributed by atoms with Crippen molar-refractivity contribution in [3.8, 4) is 6.07 Å². The molecule has 0 saturated heterocycles. The number of ether oxygens (including phenoxy) is 1. The highest BCUT2D eigenvalue weighted by molar-refractivity contribution is 6.08. The van der Waals surface area contributed by atoms with Crippen LogP contribution in [0.1, 0.15) is 42.4 Å². The molecule has 7 nitrogen and oxygen atoms in total. The molecule has 1 saturated carbocycles. The lowest BCUT2D eigenvalue weighted by Crippen LogP contribution is -2.55. The number of hydrogen-bond donors (Lipinski definition) is 2. The second-order valence-corrected chi connectivity index (χ2v) is 8.21. The molecule has 0 aromatic heterocycles. The lowest BCUT2D eigenvalue weighted by atomic mass is 9.61. The minimum absolute atomic E-state index is 0.0818. The molecule has 0 radical (unpaired) electrons. The number of carbonyl (C=O) groups excluding carboxylic acids is 1. The van der Waals surface area contributed by atoms with Gasteiger partial charge in [0.15, 0.2) is 11.5 Å². The summed E-state index contributed by atoms with van der Waals surface area (Å²) in [7, 11) is 1.66. The molecule has 29 heavy (non-hydrogen) atoms. The molecular formula is C20H23F2N5O2. The molecule has 9 heteroatoms. The van der Waals surface area contributed by atoms with E-state index in [4.69, 9.17) is 16.2 Å². The number of aliphatic imine (C=N–C) groups is 1. The zero-order chi connectivity index (χ0) is 21.0. The number of hydrogen-bond acceptors (Lipinski definition) is 6. The van der Waals surface area contributed by atoms with E-state index in [1.54, 1.807) is 19.2 Å². The number of carbonyl (C=O) groups is 1. The van der Waals surface area contributed by atoms with Gasteiger partial charge in [0.1, 0.15) is 6.54 Å². The smallest absolute Gasteiger partial charge is 0.317 e. The minimum Gasteiger partial charge on any atom is -0.381 e. The number of nitrogens with zero attached hydrogens (tertiary/aromatic N) is 3. The maximum atomic E-state index is 13.6. The third kappa shape index (κ3) is 2.81. The van der Waals surface area contributed by atoms with Crippen molar-refractivity contribution in [2.24, 2.45) is 21.9 Å². The van der Waals surface area contributed by atoms with Crippen molar-refractivity contribution in [3.05, 3.63) is 34.9 Å². The highest BCUT2D eigenvalue weighted by Crippen LogP contribution is 2.62. The summed E-state index contributed by atoms with van der Waals surface area (Å²) < 4.78 is 32.6. The second-order valence-electron chi connectivity index (χ2n) is 8.21. The van der Waals surface area contributed by atoms with Crippen LogP contribution in [0.4, 0.5) is 8.78 Å². The third-order valence-corrected chi connectivity index (χ3v) is 6.63. The first kappa shape index (κ1) is 19.7. The Morgan fingerprint density at radius 3 is 2.69 bits per heavy atom. The van der Waals surface area contributed by atoms with Gasteiger partial charge in [-0.25, -0.2) is 4.99 Å². The number of nitrogens with two attached hydrogens (primary N) is 2. The van der Waals surface area contributed by atoms with Crippen LogP contribution in [-0.2, 0) is 21.5 Å². The summed E-state index contributed by atoms with van der Waals surface area (Å²) in [6.07, 6.45) is 3.38. The van der Waals surface area contributed by atoms with Crippen LogP contribution >= 0.6 is 0 Å². The molecule has 1 heterocycles. The number of nitriles is 1. The fourth-order valence-electron chi connectivity index (χ4n) is 5.30. The van der Waals surface area contributed by atoms with Gasteiger partial charge >= 0.3 is 6.05 Å². The number of guanidine groups is 1. The zero-order valence-electron chi connectivity index (χ0n) is 16.1. The number of benzene rings is 1. The van der Waals surface area contributed by atoms with Crippen molar-refractivity contribution in [2.75, 3.05) is 13.7 Å². The molecule has 1 unspecified atom stereocenters. The van der Waals surface area contributed by atoms with E-state index in [2.05, 4.69) is 11.1 Å². The lowest BCUT2D eigenvalue weighted by molar-refractivity contribution is -0.141.